The maximum Gasteiger partial charge on any atom is 0.0591 e. The van der Waals surface area contributed by atoms with Gasteiger partial charge in [0.25, 0.3) is 0 Å². The van der Waals surface area contributed by atoms with Crippen molar-refractivity contribution < 1.29 is 0 Å². The molecule has 0 rings (SSSR count). The fourth-order valence-corrected chi connectivity index (χ4v) is 5.15. The van der Waals surface area contributed by atoms with E-state index in [-0.39, 0.29) is 0 Å². The third-order valence-corrected chi connectivity index (χ3v) is 8.47. The highest BCUT2D eigenvalue weighted by Gasteiger charge is 2.29. The summed E-state index contributed by atoms with van der Waals surface area (Å²) in [6.07, 6.45) is 7.23. The van der Waals surface area contributed by atoms with E-state index in [1.165, 1.54) is 37.1 Å². The van der Waals surface area contributed by atoms with E-state index < -0.39 is 7.26 Å². The van der Waals surface area contributed by atoms with Gasteiger partial charge in [0.1, 0.15) is 0 Å². The Morgan fingerprint density at radius 2 is 1.45 bits per heavy atom. The van der Waals surface area contributed by atoms with Crippen LogP contribution in [0.5, 0.6) is 0 Å². The van der Waals surface area contributed by atoms with Crippen LogP contribution in [-0.4, -0.2) is 34.9 Å². The van der Waals surface area contributed by atoms with Gasteiger partial charge in [0.05, 0.1) is 24.6 Å². The first-order valence-corrected chi connectivity index (χ1v) is 7.98. The number of rotatable bonds is 6. The molecule has 0 saturated heterocycles. The molecule has 0 amide bonds. The van der Waals surface area contributed by atoms with Crippen LogP contribution in [0.25, 0.3) is 0 Å². The standard InChI is InChI=1S/C9H21PSi/c1-4-10(5-2,6-3)8-7-9-11/h4-9H2,1-3H3/q+1. The van der Waals surface area contributed by atoms with Crippen LogP contribution in [-0.2, 0) is 0 Å². The number of hydrogen-bond donors (Lipinski definition) is 0. The zero-order valence-corrected chi connectivity index (χ0v) is 10.1. The molecule has 0 aromatic rings. The molecule has 3 radical (unpaired) electrons. The van der Waals surface area contributed by atoms with E-state index in [0.29, 0.717) is 0 Å². The first kappa shape index (κ1) is 11.6. The van der Waals surface area contributed by atoms with E-state index in [4.69, 9.17) is 0 Å². The highest BCUT2D eigenvalue weighted by molar-refractivity contribution is 7.75. The molecule has 0 aromatic carbocycles. The van der Waals surface area contributed by atoms with Crippen molar-refractivity contribution in [2.45, 2.75) is 33.2 Å². The van der Waals surface area contributed by atoms with Crippen LogP contribution in [0.2, 0.25) is 6.04 Å². The lowest BCUT2D eigenvalue weighted by atomic mass is 10.6. The van der Waals surface area contributed by atoms with E-state index >= 15 is 0 Å². The molecule has 11 heavy (non-hydrogen) atoms. The average Bonchev–Trinajstić information content (AvgIpc) is 2.08. The van der Waals surface area contributed by atoms with E-state index in [2.05, 4.69) is 31.0 Å². The molecule has 0 aliphatic rings. The molecular formula is C9H21PSi+. The molecule has 0 aromatic heterocycles. The van der Waals surface area contributed by atoms with E-state index in [9.17, 15) is 0 Å². The van der Waals surface area contributed by atoms with Gasteiger partial charge in [-0.25, -0.2) is 0 Å². The molecule has 0 unspecified atom stereocenters. The van der Waals surface area contributed by atoms with Gasteiger partial charge in [-0.1, -0.05) is 6.04 Å². The van der Waals surface area contributed by atoms with Crippen molar-refractivity contribution in [2.24, 2.45) is 0 Å². The Bertz CT molecular complexity index is 81.3. The van der Waals surface area contributed by atoms with Crippen LogP contribution in [0.4, 0.5) is 0 Å². The quantitative estimate of drug-likeness (QED) is 0.444. The molecule has 0 fully saturated rings. The summed E-state index contributed by atoms with van der Waals surface area (Å²) < 4.78 is 0. The molecule has 0 aliphatic heterocycles. The lowest BCUT2D eigenvalue weighted by Gasteiger charge is -2.23. The third kappa shape index (κ3) is 3.71. The zero-order chi connectivity index (χ0) is 8.74. The van der Waals surface area contributed by atoms with Crippen molar-refractivity contribution in [3.63, 3.8) is 0 Å². The normalized spacial score (nSPS) is 12.0. The predicted octanol–water partition coefficient (Wildman–Crippen LogP) is 3.04. The molecule has 65 valence electrons. The van der Waals surface area contributed by atoms with E-state index in [1.807, 2.05) is 0 Å². The molecule has 0 nitrogen and oxygen atoms in total. The highest BCUT2D eigenvalue weighted by Crippen LogP contribution is 2.58. The molecule has 0 bridgehead atoms. The molecule has 2 heteroatoms. The molecule has 0 heterocycles. The largest absolute Gasteiger partial charge is 0.0603 e. The Hall–Kier alpha value is 0.647. The van der Waals surface area contributed by atoms with Crippen molar-refractivity contribution in [3.8, 4) is 0 Å². The summed E-state index contributed by atoms with van der Waals surface area (Å²) in [7, 11) is 3.07. The Morgan fingerprint density at radius 1 is 1.00 bits per heavy atom. The monoisotopic (exact) mass is 188 g/mol. The minimum Gasteiger partial charge on any atom is -0.0603 e. The highest BCUT2D eigenvalue weighted by atomic mass is 31.2. The van der Waals surface area contributed by atoms with Crippen molar-refractivity contribution in [3.05, 3.63) is 0 Å². The van der Waals surface area contributed by atoms with Gasteiger partial charge in [0.15, 0.2) is 0 Å². The Kier molecular flexibility index (Phi) is 6.56. The fraction of sp³-hybridized carbons (Fsp3) is 1.00. The lowest BCUT2D eigenvalue weighted by Crippen LogP contribution is -2.07. The smallest absolute Gasteiger partial charge is 0.0591 e. The average molecular weight is 188 g/mol. The predicted molar refractivity (Wildman–Crippen MR) is 58.6 cm³/mol. The summed E-state index contributed by atoms with van der Waals surface area (Å²) >= 11 is 0. The Balaban J connectivity index is 3.84. The minimum absolute atomic E-state index is 0.486. The van der Waals surface area contributed by atoms with Crippen molar-refractivity contribution in [1.29, 1.82) is 0 Å². The lowest BCUT2D eigenvalue weighted by molar-refractivity contribution is 1.06. The molecule has 0 N–H and O–H groups in total. The molecule has 0 atom stereocenters. The van der Waals surface area contributed by atoms with Crippen molar-refractivity contribution >= 4 is 17.5 Å². The zero-order valence-electron chi connectivity index (χ0n) is 8.19. The van der Waals surface area contributed by atoms with Crippen LogP contribution in [0, 0.1) is 0 Å². The fourth-order valence-electron chi connectivity index (χ4n) is 1.56. The van der Waals surface area contributed by atoms with Crippen LogP contribution in [0.15, 0.2) is 0 Å². The first-order chi connectivity index (χ1) is 5.24. The van der Waals surface area contributed by atoms with Crippen molar-refractivity contribution in [1.82, 2.24) is 0 Å². The summed E-state index contributed by atoms with van der Waals surface area (Å²) in [5.74, 6) is 0. The second-order valence-corrected chi connectivity index (χ2v) is 8.65. The van der Waals surface area contributed by atoms with Crippen molar-refractivity contribution in [2.75, 3.05) is 24.6 Å². The van der Waals surface area contributed by atoms with Gasteiger partial charge in [-0.15, -0.1) is 0 Å². The Morgan fingerprint density at radius 3 is 1.73 bits per heavy atom. The second-order valence-electron chi connectivity index (χ2n) is 3.12. The van der Waals surface area contributed by atoms with Crippen LogP contribution < -0.4 is 0 Å². The van der Waals surface area contributed by atoms with Gasteiger partial charge in [-0.2, -0.15) is 0 Å². The topological polar surface area (TPSA) is 0 Å². The maximum atomic E-state index is 3.55. The number of hydrogen-bond acceptors (Lipinski definition) is 0. The van der Waals surface area contributed by atoms with Gasteiger partial charge in [0, 0.05) is 17.5 Å². The third-order valence-electron chi connectivity index (χ3n) is 2.82. The maximum absolute atomic E-state index is 3.55. The van der Waals surface area contributed by atoms with Crippen LogP contribution >= 0.6 is 7.26 Å². The summed E-state index contributed by atoms with van der Waals surface area (Å²) in [4.78, 5) is 0. The SMILES string of the molecule is CC[P+](CC)(CC)CCC[Si]. The molecule has 0 saturated carbocycles. The van der Waals surface area contributed by atoms with Gasteiger partial charge in [0.2, 0.25) is 0 Å². The van der Waals surface area contributed by atoms with Gasteiger partial charge < -0.3 is 0 Å². The molecule has 0 aliphatic carbocycles. The minimum atomic E-state index is -0.486. The van der Waals surface area contributed by atoms with E-state index in [1.54, 1.807) is 0 Å². The summed E-state index contributed by atoms with van der Waals surface area (Å²) in [6, 6.07) is 1.18. The molecule has 0 spiro atoms. The van der Waals surface area contributed by atoms with Crippen LogP contribution in [0.1, 0.15) is 27.2 Å². The molecular weight excluding hydrogens is 167 g/mol. The van der Waals surface area contributed by atoms with Gasteiger partial charge in [-0.05, 0) is 27.2 Å². The Labute approximate surface area is 75.9 Å². The first-order valence-electron chi connectivity index (χ1n) is 4.74. The summed E-state index contributed by atoms with van der Waals surface area (Å²) in [5.41, 5.74) is 0. The summed E-state index contributed by atoms with van der Waals surface area (Å²) in [6.45, 7) is 7.11. The van der Waals surface area contributed by atoms with Gasteiger partial charge >= 0.3 is 0 Å². The van der Waals surface area contributed by atoms with E-state index in [0.717, 1.165) is 0 Å². The summed E-state index contributed by atoms with van der Waals surface area (Å²) in [5, 5.41) is 0. The van der Waals surface area contributed by atoms with Crippen LogP contribution in [0.3, 0.4) is 0 Å². The second kappa shape index (κ2) is 6.19. The van der Waals surface area contributed by atoms with Gasteiger partial charge in [-0.3, -0.25) is 0 Å².